The molecule has 0 saturated carbocycles. The lowest BCUT2D eigenvalue weighted by molar-refractivity contribution is 0.589. The maximum atomic E-state index is 13.4. The van der Waals surface area contributed by atoms with Gasteiger partial charge in [-0.05, 0) is 48.0 Å². The van der Waals surface area contributed by atoms with Gasteiger partial charge in [-0.1, -0.05) is 12.1 Å². The van der Waals surface area contributed by atoms with Crippen LogP contribution in [-0.2, 0) is 16.6 Å². The number of hydrogen-bond donors (Lipinski definition) is 1. The smallest absolute Gasteiger partial charge is 0.286 e. The van der Waals surface area contributed by atoms with Crippen LogP contribution in [0.3, 0.4) is 0 Å². The van der Waals surface area contributed by atoms with Crippen LogP contribution in [-0.4, -0.2) is 34.5 Å². The summed E-state index contributed by atoms with van der Waals surface area (Å²) in [5.41, 5.74) is 1.54. The number of anilines is 1. The Labute approximate surface area is 148 Å². The minimum absolute atomic E-state index is 0.000735. The summed E-state index contributed by atoms with van der Waals surface area (Å²) >= 11 is 0. The Bertz CT molecular complexity index is 1140. The molecular weight excluding hydrogens is 359 g/mol. The second-order valence-electron chi connectivity index (χ2n) is 5.74. The highest BCUT2D eigenvalue weighted by atomic mass is 32.2. The van der Waals surface area contributed by atoms with E-state index in [4.69, 9.17) is 0 Å². The Hall–Kier alpha value is -3.14. The molecule has 8 nitrogen and oxygen atoms in total. The van der Waals surface area contributed by atoms with Crippen molar-refractivity contribution in [3.63, 3.8) is 0 Å². The van der Waals surface area contributed by atoms with Crippen LogP contribution in [0.2, 0.25) is 0 Å². The molecule has 0 aliphatic carbocycles. The standard InChI is InChI=1S/C16H13FN6O2S/c1-10-8-11(6-7-12(10)17)16-19-22-23(20-16)9-15-18-13-4-2-3-5-14(13)26(24,25)21-15/h2-8H,9H2,1H3,(H,18,21). The Balaban J connectivity index is 1.60. The van der Waals surface area contributed by atoms with E-state index in [1.165, 1.54) is 16.9 Å². The molecule has 3 aromatic rings. The summed E-state index contributed by atoms with van der Waals surface area (Å²) in [6.07, 6.45) is 0. The predicted octanol–water partition coefficient (Wildman–Crippen LogP) is 2.00. The van der Waals surface area contributed by atoms with Crippen molar-refractivity contribution in [2.24, 2.45) is 4.40 Å². The lowest BCUT2D eigenvalue weighted by Gasteiger charge is -2.17. The molecule has 0 bridgehead atoms. The van der Waals surface area contributed by atoms with Crippen molar-refractivity contribution >= 4 is 21.5 Å². The Kier molecular flexibility index (Phi) is 3.76. The van der Waals surface area contributed by atoms with Crippen LogP contribution in [0.5, 0.6) is 0 Å². The summed E-state index contributed by atoms with van der Waals surface area (Å²) in [5.74, 6) is 0.182. The third-order valence-corrected chi connectivity index (χ3v) is 5.21. The van der Waals surface area contributed by atoms with E-state index in [0.29, 0.717) is 22.6 Å². The number of rotatable bonds is 3. The molecule has 0 fully saturated rings. The van der Waals surface area contributed by atoms with Crippen LogP contribution >= 0.6 is 0 Å². The van der Waals surface area contributed by atoms with E-state index in [0.717, 1.165) is 0 Å². The maximum absolute atomic E-state index is 13.4. The summed E-state index contributed by atoms with van der Waals surface area (Å²) in [6.45, 7) is 1.65. The predicted molar refractivity (Wildman–Crippen MR) is 92.6 cm³/mol. The molecule has 0 radical (unpaired) electrons. The third kappa shape index (κ3) is 2.94. The highest BCUT2D eigenvalue weighted by Crippen LogP contribution is 2.26. The number of benzene rings is 2. The third-order valence-electron chi connectivity index (χ3n) is 3.83. The summed E-state index contributed by atoms with van der Waals surface area (Å²) in [5, 5.41) is 15.0. The molecule has 10 heteroatoms. The monoisotopic (exact) mass is 372 g/mol. The van der Waals surface area contributed by atoms with E-state index >= 15 is 0 Å². The first kappa shape index (κ1) is 16.3. The highest BCUT2D eigenvalue weighted by molar-refractivity contribution is 7.90. The van der Waals surface area contributed by atoms with E-state index in [1.807, 2.05) is 0 Å². The molecule has 0 unspecified atom stereocenters. The van der Waals surface area contributed by atoms with Gasteiger partial charge in [0.15, 0.2) is 0 Å². The zero-order valence-electron chi connectivity index (χ0n) is 13.6. The number of halogens is 1. The number of hydrogen-bond acceptors (Lipinski definition) is 6. The fraction of sp³-hybridized carbons (Fsp3) is 0.125. The minimum Gasteiger partial charge on any atom is -0.340 e. The molecule has 1 aromatic heterocycles. The van der Waals surface area contributed by atoms with Crippen LogP contribution in [0.15, 0.2) is 51.8 Å². The van der Waals surface area contributed by atoms with Crippen molar-refractivity contribution in [2.75, 3.05) is 5.32 Å². The van der Waals surface area contributed by atoms with Crippen molar-refractivity contribution in [3.8, 4) is 11.4 Å². The number of sulfonamides is 1. The van der Waals surface area contributed by atoms with Gasteiger partial charge in [-0.15, -0.1) is 14.6 Å². The molecule has 0 amide bonds. The van der Waals surface area contributed by atoms with Crippen LogP contribution in [0, 0.1) is 12.7 Å². The first-order valence-electron chi connectivity index (χ1n) is 7.66. The number of amidine groups is 1. The number of aromatic nitrogens is 4. The van der Waals surface area contributed by atoms with Gasteiger partial charge in [-0.2, -0.15) is 13.2 Å². The lowest BCUT2D eigenvalue weighted by atomic mass is 10.1. The molecule has 0 saturated heterocycles. The second kappa shape index (κ2) is 5.99. The van der Waals surface area contributed by atoms with E-state index in [-0.39, 0.29) is 23.1 Å². The van der Waals surface area contributed by atoms with E-state index < -0.39 is 10.0 Å². The van der Waals surface area contributed by atoms with E-state index in [2.05, 4.69) is 25.1 Å². The number of aryl methyl sites for hydroxylation is 1. The summed E-state index contributed by atoms with van der Waals surface area (Å²) in [7, 11) is -3.77. The van der Waals surface area contributed by atoms with E-state index in [1.54, 1.807) is 37.3 Å². The van der Waals surface area contributed by atoms with Gasteiger partial charge in [0, 0.05) is 5.56 Å². The van der Waals surface area contributed by atoms with Crippen molar-refractivity contribution in [3.05, 3.63) is 53.8 Å². The van der Waals surface area contributed by atoms with Crippen LogP contribution in [0.25, 0.3) is 11.4 Å². The molecule has 1 aliphatic heterocycles. The first-order valence-corrected chi connectivity index (χ1v) is 9.11. The first-order chi connectivity index (χ1) is 12.4. The zero-order valence-corrected chi connectivity index (χ0v) is 14.4. The van der Waals surface area contributed by atoms with Crippen LogP contribution < -0.4 is 5.32 Å². The molecule has 0 atom stereocenters. The Morgan fingerprint density at radius 3 is 2.81 bits per heavy atom. The lowest BCUT2D eigenvalue weighted by Crippen LogP contribution is -2.26. The van der Waals surface area contributed by atoms with E-state index in [9.17, 15) is 12.8 Å². The largest absolute Gasteiger partial charge is 0.340 e. The summed E-state index contributed by atoms with van der Waals surface area (Å²) in [4.78, 5) is 1.35. The van der Waals surface area contributed by atoms with Crippen molar-refractivity contribution in [1.29, 1.82) is 0 Å². The number of para-hydroxylation sites is 1. The maximum Gasteiger partial charge on any atom is 0.286 e. The molecule has 2 heterocycles. The molecule has 0 spiro atoms. The second-order valence-corrected chi connectivity index (χ2v) is 7.31. The minimum atomic E-state index is -3.77. The molecular formula is C16H13FN6O2S. The van der Waals surface area contributed by atoms with Crippen molar-refractivity contribution in [1.82, 2.24) is 20.2 Å². The Morgan fingerprint density at radius 1 is 1.19 bits per heavy atom. The van der Waals surface area contributed by atoms with Gasteiger partial charge >= 0.3 is 0 Å². The van der Waals surface area contributed by atoms with Crippen LogP contribution in [0.4, 0.5) is 10.1 Å². The molecule has 2 aromatic carbocycles. The van der Waals surface area contributed by atoms with Crippen molar-refractivity contribution in [2.45, 2.75) is 18.4 Å². The van der Waals surface area contributed by atoms with Gasteiger partial charge in [-0.25, -0.2) is 4.39 Å². The van der Waals surface area contributed by atoms with Gasteiger partial charge in [0.25, 0.3) is 10.0 Å². The van der Waals surface area contributed by atoms with Gasteiger partial charge in [0.2, 0.25) is 5.82 Å². The fourth-order valence-electron chi connectivity index (χ4n) is 2.58. The number of nitrogens with one attached hydrogen (secondary N) is 1. The Morgan fingerprint density at radius 2 is 2.00 bits per heavy atom. The highest BCUT2D eigenvalue weighted by Gasteiger charge is 2.24. The molecule has 1 aliphatic rings. The molecule has 1 N–H and O–H groups in total. The SMILES string of the molecule is Cc1cc(-c2nnn(CC3=NS(=O)(=O)c4ccccc4N3)n2)ccc1F. The van der Waals surface area contributed by atoms with Crippen LogP contribution in [0.1, 0.15) is 5.56 Å². The number of fused-ring (bicyclic) bond motifs is 1. The van der Waals surface area contributed by atoms with Gasteiger partial charge in [-0.3, -0.25) is 0 Å². The average Bonchev–Trinajstić information content (AvgIpc) is 3.05. The van der Waals surface area contributed by atoms with Crippen molar-refractivity contribution < 1.29 is 12.8 Å². The average molecular weight is 372 g/mol. The normalized spacial score (nSPS) is 15.1. The quantitative estimate of drug-likeness (QED) is 0.754. The van der Waals surface area contributed by atoms with Gasteiger partial charge in [0.1, 0.15) is 23.1 Å². The molecule has 132 valence electrons. The van der Waals surface area contributed by atoms with Gasteiger partial charge < -0.3 is 5.32 Å². The number of tetrazole rings is 1. The fourth-order valence-corrected chi connectivity index (χ4v) is 3.72. The summed E-state index contributed by atoms with van der Waals surface area (Å²) in [6, 6.07) is 11.0. The van der Waals surface area contributed by atoms with Gasteiger partial charge in [0.05, 0.1) is 5.69 Å². The topological polar surface area (TPSA) is 102 Å². The number of nitrogens with zero attached hydrogens (tertiary/aromatic N) is 5. The summed E-state index contributed by atoms with van der Waals surface area (Å²) < 4.78 is 41.6. The molecule has 26 heavy (non-hydrogen) atoms. The molecule has 4 rings (SSSR count). The zero-order chi connectivity index (χ0) is 18.3.